The van der Waals surface area contributed by atoms with Gasteiger partial charge in [-0.1, -0.05) is 30.3 Å². The highest BCUT2D eigenvalue weighted by Gasteiger charge is 2.28. The molecule has 8 heteroatoms. The SMILES string of the molecule is CC1Oc2ccc(NS(=O)(=O)c3ccc(F)cc3)cc2CN(CCc2ccccc2)C1=O. The predicted octanol–water partition coefficient (Wildman–Crippen LogP) is 3.98. The van der Waals surface area contributed by atoms with Crippen molar-refractivity contribution in [3.63, 3.8) is 0 Å². The summed E-state index contributed by atoms with van der Waals surface area (Å²) < 4.78 is 46.8. The molecule has 0 fully saturated rings. The van der Waals surface area contributed by atoms with E-state index in [9.17, 15) is 17.6 Å². The highest BCUT2D eigenvalue weighted by atomic mass is 32.2. The quantitative estimate of drug-likeness (QED) is 0.611. The van der Waals surface area contributed by atoms with Gasteiger partial charge in [0.05, 0.1) is 4.90 Å². The molecule has 0 spiro atoms. The lowest BCUT2D eigenvalue weighted by Crippen LogP contribution is -2.39. The molecule has 1 unspecified atom stereocenters. The van der Waals surface area contributed by atoms with Gasteiger partial charge in [0.2, 0.25) is 0 Å². The summed E-state index contributed by atoms with van der Waals surface area (Å²) in [6.45, 7) is 2.52. The molecule has 0 radical (unpaired) electrons. The fourth-order valence-corrected chi connectivity index (χ4v) is 4.64. The molecule has 4 rings (SSSR count). The van der Waals surface area contributed by atoms with Gasteiger partial charge in [-0.15, -0.1) is 0 Å². The third kappa shape index (κ3) is 4.91. The van der Waals surface area contributed by atoms with Gasteiger partial charge in [-0.25, -0.2) is 12.8 Å². The van der Waals surface area contributed by atoms with Gasteiger partial charge in [0, 0.05) is 24.3 Å². The third-order valence-electron chi connectivity index (χ3n) is 5.27. The van der Waals surface area contributed by atoms with Gasteiger partial charge in [0.25, 0.3) is 15.9 Å². The average Bonchev–Trinajstić information content (AvgIpc) is 2.89. The van der Waals surface area contributed by atoms with Crippen LogP contribution in [0.3, 0.4) is 0 Å². The molecule has 3 aromatic rings. The number of hydrogen-bond donors (Lipinski definition) is 1. The van der Waals surface area contributed by atoms with Crippen molar-refractivity contribution in [3.8, 4) is 5.75 Å². The smallest absolute Gasteiger partial charge is 0.263 e. The molecule has 1 aliphatic heterocycles. The molecular formula is C24H23FN2O4S. The Morgan fingerprint density at radius 1 is 1.06 bits per heavy atom. The zero-order valence-electron chi connectivity index (χ0n) is 17.5. The van der Waals surface area contributed by atoms with Crippen LogP contribution in [-0.2, 0) is 27.8 Å². The number of ether oxygens (including phenoxy) is 1. The number of rotatable bonds is 6. The number of nitrogens with zero attached hydrogens (tertiary/aromatic N) is 1. The first kappa shape index (κ1) is 21.8. The summed E-state index contributed by atoms with van der Waals surface area (Å²) in [6.07, 6.45) is 0.0553. The van der Waals surface area contributed by atoms with E-state index in [0.29, 0.717) is 36.5 Å². The summed E-state index contributed by atoms with van der Waals surface area (Å²) in [5, 5.41) is 0. The van der Waals surface area contributed by atoms with Crippen molar-refractivity contribution in [1.82, 2.24) is 4.90 Å². The molecular weight excluding hydrogens is 431 g/mol. The summed E-state index contributed by atoms with van der Waals surface area (Å²) >= 11 is 0. The number of nitrogens with one attached hydrogen (secondary N) is 1. The Labute approximate surface area is 186 Å². The van der Waals surface area contributed by atoms with E-state index in [2.05, 4.69) is 4.72 Å². The first-order chi connectivity index (χ1) is 15.3. The van der Waals surface area contributed by atoms with E-state index in [1.807, 2.05) is 30.3 Å². The van der Waals surface area contributed by atoms with Crippen molar-refractivity contribution in [3.05, 3.63) is 89.7 Å². The van der Waals surface area contributed by atoms with Crippen molar-refractivity contribution in [2.75, 3.05) is 11.3 Å². The number of amides is 1. The fourth-order valence-electron chi connectivity index (χ4n) is 3.59. The molecule has 1 N–H and O–H groups in total. The van der Waals surface area contributed by atoms with Gasteiger partial charge in [0.1, 0.15) is 11.6 Å². The second kappa shape index (κ2) is 9.00. The molecule has 166 valence electrons. The van der Waals surface area contributed by atoms with Gasteiger partial charge in [-0.2, -0.15) is 0 Å². The lowest BCUT2D eigenvalue weighted by atomic mass is 10.1. The Hall–Kier alpha value is -3.39. The van der Waals surface area contributed by atoms with Crippen LogP contribution in [0.4, 0.5) is 10.1 Å². The average molecular weight is 455 g/mol. The number of halogens is 1. The van der Waals surface area contributed by atoms with Crippen LogP contribution in [0.5, 0.6) is 5.75 Å². The summed E-state index contributed by atoms with van der Waals surface area (Å²) in [7, 11) is -3.89. The minimum Gasteiger partial charge on any atom is -0.481 e. The van der Waals surface area contributed by atoms with Crippen molar-refractivity contribution in [2.24, 2.45) is 0 Å². The monoisotopic (exact) mass is 454 g/mol. The molecule has 1 aliphatic rings. The van der Waals surface area contributed by atoms with Gasteiger partial charge in [-0.3, -0.25) is 9.52 Å². The van der Waals surface area contributed by atoms with Crippen LogP contribution >= 0.6 is 0 Å². The van der Waals surface area contributed by atoms with Crippen LogP contribution in [0.1, 0.15) is 18.1 Å². The normalized spacial score (nSPS) is 16.1. The molecule has 1 atom stereocenters. The molecule has 32 heavy (non-hydrogen) atoms. The maximum absolute atomic E-state index is 13.1. The molecule has 0 aliphatic carbocycles. The minimum absolute atomic E-state index is 0.0432. The number of carbonyl (C=O) groups excluding carboxylic acids is 1. The lowest BCUT2D eigenvalue weighted by Gasteiger charge is -2.22. The Morgan fingerprint density at radius 2 is 1.78 bits per heavy atom. The molecule has 1 amide bonds. The van der Waals surface area contributed by atoms with E-state index in [0.717, 1.165) is 17.7 Å². The van der Waals surface area contributed by atoms with E-state index in [1.165, 1.54) is 12.1 Å². The van der Waals surface area contributed by atoms with Gasteiger partial charge in [-0.05, 0) is 61.4 Å². The van der Waals surface area contributed by atoms with Crippen molar-refractivity contribution >= 4 is 21.6 Å². The van der Waals surface area contributed by atoms with E-state index in [1.54, 1.807) is 30.0 Å². The highest BCUT2D eigenvalue weighted by Crippen LogP contribution is 2.29. The van der Waals surface area contributed by atoms with E-state index >= 15 is 0 Å². The number of carbonyl (C=O) groups is 1. The first-order valence-corrected chi connectivity index (χ1v) is 11.7. The molecule has 0 aromatic heterocycles. The zero-order valence-corrected chi connectivity index (χ0v) is 18.3. The molecule has 6 nitrogen and oxygen atoms in total. The summed E-state index contributed by atoms with van der Waals surface area (Å²) in [4.78, 5) is 14.5. The third-order valence-corrected chi connectivity index (χ3v) is 6.67. The maximum atomic E-state index is 13.1. The summed E-state index contributed by atoms with van der Waals surface area (Å²) in [6, 6.07) is 19.4. The largest absolute Gasteiger partial charge is 0.481 e. The molecule has 0 saturated carbocycles. The number of anilines is 1. The summed E-state index contributed by atoms with van der Waals surface area (Å²) in [5.74, 6) is -0.0936. The fraction of sp³-hybridized carbons (Fsp3) is 0.208. The Kier molecular flexibility index (Phi) is 6.14. The molecule has 3 aromatic carbocycles. The second-order valence-electron chi connectivity index (χ2n) is 7.64. The standard InChI is InChI=1S/C24H23FN2O4S/c1-17-24(28)27(14-13-18-5-3-2-4-6-18)16-19-15-21(9-12-23(19)31-17)26-32(29,30)22-10-7-20(25)8-11-22/h2-12,15,17,26H,13-14,16H2,1H3. The lowest BCUT2D eigenvalue weighted by molar-refractivity contribution is -0.137. The summed E-state index contributed by atoms with van der Waals surface area (Å²) in [5.41, 5.74) is 2.16. The first-order valence-electron chi connectivity index (χ1n) is 10.2. The number of benzene rings is 3. The van der Waals surface area contributed by atoms with Crippen LogP contribution in [0.25, 0.3) is 0 Å². The van der Waals surface area contributed by atoms with Crippen molar-refractivity contribution in [2.45, 2.75) is 30.9 Å². The molecule has 0 saturated heterocycles. The van der Waals surface area contributed by atoms with Gasteiger partial charge in [0.15, 0.2) is 6.10 Å². The van der Waals surface area contributed by atoms with Crippen LogP contribution < -0.4 is 9.46 Å². The van der Waals surface area contributed by atoms with E-state index in [4.69, 9.17) is 4.74 Å². The number of hydrogen-bond acceptors (Lipinski definition) is 4. The van der Waals surface area contributed by atoms with E-state index < -0.39 is 21.9 Å². The topological polar surface area (TPSA) is 75.7 Å². The Balaban J connectivity index is 1.55. The Morgan fingerprint density at radius 3 is 2.50 bits per heavy atom. The molecule has 0 bridgehead atoms. The number of sulfonamides is 1. The van der Waals surface area contributed by atoms with Crippen LogP contribution in [-0.4, -0.2) is 31.9 Å². The second-order valence-corrected chi connectivity index (χ2v) is 9.32. The van der Waals surface area contributed by atoms with E-state index in [-0.39, 0.29) is 10.8 Å². The minimum atomic E-state index is -3.89. The Bertz CT molecular complexity index is 1210. The van der Waals surface area contributed by atoms with Crippen LogP contribution in [0.15, 0.2) is 77.7 Å². The van der Waals surface area contributed by atoms with Crippen LogP contribution in [0, 0.1) is 5.82 Å². The molecule has 1 heterocycles. The predicted molar refractivity (Wildman–Crippen MR) is 119 cm³/mol. The highest BCUT2D eigenvalue weighted by molar-refractivity contribution is 7.92. The maximum Gasteiger partial charge on any atom is 0.263 e. The van der Waals surface area contributed by atoms with Gasteiger partial charge < -0.3 is 9.64 Å². The van der Waals surface area contributed by atoms with Gasteiger partial charge >= 0.3 is 0 Å². The van der Waals surface area contributed by atoms with Crippen LogP contribution in [0.2, 0.25) is 0 Å². The van der Waals surface area contributed by atoms with Crippen molar-refractivity contribution < 1.29 is 22.3 Å². The van der Waals surface area contributed by atoms with Crippen molar-refractivity contribution in [1.29, 1.82) is 0 Å². The number of fused-ring (bicyclic) bond motifs is 1. The zero-order chi connectivity index (χ0) is 22.7.